The van der Waals surface area contributed by atoms with Gasteiger partial charge >= 0.3 is 0 Å². The SMILES string of the molecule is CCC1c2ccsc2CCN1C(=O)c1ccc(Cl)s1. The predicted octanol–water partition coefficient (Wildman–Crippen LogP) is 4.61. The molecule has 1 aliphatic heterocycles. The summed E-state index contributed by atoms with van der Waals surface area (Å²) in [5, 5.41) is 2.13. The average Bonchev–Trinajstić information content (AvgIpc) is 3.04. The highest BCUT2D eigenvalue weighted by molar-refractivity contribution is 7.18. The minimum Gasteiger partial charge on any atom is -0.331 e. The Kier molecular flexibility index (Phi) is 3.65. The van der Waals surface area contributed by atoms with Gasteiger partial charge in [0, 0.05) is 11.4 Å². The zero-order valence-corrected chi connectivity index (χ0v) is 12.9. The smallest absolute Gasteiger partial charge is 0.264 e. The van der Waals surface area contributed by atoms with Gasteiger partial charge < -0.3 is 4.90 Å². The van der Waals surface area contributed by atoms with Gasteiger partial charge in [-0.05, 0) is 42.0 Å². The van der Waals surface area contributed by atoms with Crippen molar-refractivity contribution in [2.24, 2.45) is 0 Å². The Bertz CT molecular complexity index is 604. The van der Waals surface area contributed by atoms with Crippen LogP contribution in [0.4, 0.5) is 0 Å². The number of hydrogen-bond donors (Lipinski definition) is 0. The van der Waals surface area contributed by atoms with E-state index < -0.39 is 0 Å². The van der Waals surface area contributed by atoms with Crippen LogP contribution in [-0.4, -0.2) is 17.4 Å². The second-order valence-corrected chi connectivity index (χ2v) is 7.29. The van der Waals surface area contributed by atoms with Crippen LogP contribution in [-0.2, 0) is 6.42 Å². The maximum Gasteiger partial charge on any atom is 0.264 e. The molecule has 1 atom stereocenters. The van der Waals surface area contributed by atoms with Gasteiger partial charge in [0.25, 0.3) is 5.91 Å². The Hall–Kier alpha value is -0.840. The molecule has 1 unspecified atom stereocenters. The number of nitrogens with zero attached hydrogens (tertiary/aromatic N) is 1. The van der Waals surface area contributed by atoms with E-state index in [1.54, 1.807) is 17.4 Å². The Labute approximate surface area is 125 Å². The zero-order valence-electron chi connectivity index (χ0n) is 10.6. The fraction of sp³-hybridized carbons (Fsp3) is 0.357. The van der Waals surface area contributed by atoms with Crippen LogP contribution in [0, 0.1) is 0 Å². The van der Waals surface area contributed by atoms with Gasteiger partial charge in [-0.2, -0.15) is 0 Å². The molecule has 2 aromatic heterocycles. The van der Waals surface area contributed by atoms with Crippen LogP contribution >= 0.6 is 34.3 Å². The molecule has 0 fully saturated rings. The summed E-state index contributed by atoms with van der Waals surface area (Å²) in [5.41, 5.74) is 1.33. The van der Waals surface area contributed by atoms with E-state index >= 15 is 0 Å². The van der Waals surface area contributed by atoms with Crippen molar-refractivity contribution in [2.75, 3.05) is 6.54 Å². The number of carbonyl (C=O) groups is 1. The van der Waals surface area contributed by atoms with Gasteiger partial charge in [0.05, 0.1) is 15.3 Å². The van der Waals surface area contributed by atoms with Crippen molar-refractivity contribution >= 4 is 40.2 Å². The third-order valence-electron chi connectivity index (χ3n) is 3.53. The molecule has 1 aliphatic rings. The quantitative estimate of drug-likeness (QED) is 0.793. The fourth-order valence-electron chi connectivity index (χ4n) is 2.65. The second-order valence-electron chi connectivity index (χ2n) is 4.58. The molecule has 3 heterocycles. The first-order valence-corrected chi connectivity index (χ1v) is 8.40. The molecule has 5 heteroatoms. The minimum absolute atomic E-state index is 0.112. The van der Waals surface area contributed by atoms with Crippen molar-refractivity contribution in [2.45, 2.75) is 25.8 Å². The summed E-state index contributed by atoms with van der Waals surface area (Å²) in [4.78, 5) is 16.8. The molecule has 19 heavy (non-hydrogen) atoms. The third kappa shape index (κ3) is 2.33. The van der Waals surface area contributed by atoms with E-state index in [9.17, 15) is 4.79 Å². The van der Waals surface area contributed by atoms with E-state index in [-0.39, 0.29) is 11.9 Å². The van der Waals surface area contributed by atoms with Gasteiger partial charge in [0.1, 0.15) is 0 Å². The number of rotatable bonds is 2. The Balaban J connectivity index is 1.91. The molecule has 1 amide bonds. The maximum atomic E-state index is 12.6. The summed E-state index contributed by atoms with van der Waals surface area (Å²) >= 11 is 9.09. The highest BCUT2D eigenvalue weighted by atomic mass is 35.5. The van der Waals surface area contributed by atoms with Crippen molar-refractivity contribution in [3.05, 3.63) is 43.2 Å². The molecule has 2 aromatic rings. The van der Waals surface area contributed by atoms with Gasteiger partial charge in [0.15, 0.2) is 0 Å². The van der Waals surface area contributed by atoms with Crippen molar-refractivity contribution < 1.29 is 4.79 Å². The minimum atomic E-state index is 0.112. The molecular formula is C14H14ClNOS2. The number of halogens is 1. The summed E-state index contributed by atoms with van der Waals surface area (Å²) in [7, 11) is 0. The standard InChI is InChI=1S/C14H14ClNOS2/c1-2-10-9-6-8-18-11(9)5-7-16(10)14(17)12-3-4-13(15)19-12/h3-4,6,8,10H,2,5,7H2,1H3. The molecule has 100 valence electrons. The number of fused-ring (bicyclic) bond motifs is 1. The van der Waals surface area contributed by atoms with E-state index in [1.807, 2.05) is 11.0 Å². The Morgan fingerprint density at radius 3 is 3.00 bits per heavy atom. The maximum absolute atomic E-state index is 12.6. The van der Waals surface area contributed by atoms with Crippen molar-refractivity contribution in [3.8, 4) is 0 Å². The molecule has 2 nitrogen and oxygen atoms in total. The summed E-state index contributed by atoms with van der Waals surface area (Å²) in [6.07, 6.45) is 1.92. The first kappa shape index (κ1) is 13.2. The fourth-order valence-corrected chi connectivity index (χ4v) is 4.58. The third-order valence-corrected chi connectivity index (χ3v) is 5.74. The van der Waals surface area contributed by atoms with Gasteiger partial charge in [0.2, 0.25) is 0 Å². The summed E-state index contributed by atoms with van der Waals surface area (Å²) in [6.45, 7) is 2.94. The predicted molar refractivity (Wildman–Crippen MR) is 81.4 cm³/mol. The van der Waals surface area contributed by atoms with E-state index in [4.69, 9.17) is 11.6 Å². The lowest BCUT2D eigenvalue weighted by molar-refractivity contribution is 0.0662. The van der Waals surface area contributed by atoms with Crippen LogP contribution in [0.2, 0.25) is 4.34 Å². The highest BCUT2D eigenvalue weighted by Gasteiger charge is 2.31. The monoisotopic (exact) mass is 311 g/mol. The molecule has 0 radical (unpaired) electrons. The van der Waals surface area contributed by atoms with Crippen molar-refractivity contribution in [3.63, 3.8) is 0 Å². The van der Waals surface area contributed by atoms with Gasteiger partial charge in [-0.3, -0.25) is 4.79 Å². The molecule has 0 aromatic carbocycles. The Morgan fingerprint density at radius 2 is 2.32 bits per heavy atom. The molecular weight excluding hydrogens is 298 g/mol. The van der Waals surface area contributed by atoms with Crippen LogP contribution in [0.3, 0.4) is 0 Å². The van der Waals surface area contributed by atoms with E-state index in [2.05, 4.69) is 18.4 Å². The Morgan fingerprint density at radius 1 is 1.47 bits per heavy atom. The van der Waals surface area contributed by atoms with Gasteiger partial charge in [-0.15, -0.1) is 22.7 Å². The van der Waals surface area contributed by atoms with Crippen LogP contribution in [0.5, 0.6) is 0 Å². The van der Waals surface area contributed by atoms with E-state index in [1.165, 1.54) is 21.8 Å². The largest absolute Gasteiger partial charge is 0.331 e. The first-order chi connectivity index (χ1) is 9.20. The summed E-state index contributed by atoms with van der Waals surface area (Å²) < 4.78 is 0.671. The molecule has 0 saturated heterocycles. The molecule has 3 rings (SSSR count). The molecule has 0 spiro atoms. The van der Waals surface area contributed by atoms with E-state index in [0.717, 1.165) is 24.3 Å². The van der Waals surface area contributed by atoms with Gasteiger partial charge in [-0.1, -0.05) is 18.5 Å². The van der Waals surface area contributed by atoms with E-state index in [0.29, 0.717) is 4.34 Å². The summed E-state index contributed by atoms with van der Waals surface area (Å²) in [6, 6.07) is 5.99. The molecule has 0 N–H and O–H groups in total. The molecule has 0 aliphatic carbocycles. The molecule has 0 saturated carbocycles. The lowest BCUT2D eigenvalue weighted by Crippen LogP contribution is -2.38. The van der Waals surface area contributed by atoms with Crippen molar-refractivity contribution in [1.82, 2.24) is 4.90 Å². The van der Waals surface area contributed by atoms with Crippen molar-refractivity contribution in [1.29, 1.82) is 0 Å². The van der Waals surface area contributed by atoms with Crippen LogP contribution in [0.25, 0.3) is 0 Å². The van der Waals surface area contributed by atoms with Crippen LogP contribution in [0.15, 0.2) is 23.6 Å². The summed E-state index contributed by atoms with van der Waals surface area (Å²) in [5.74, 6) is 0.112. The lowest BCUT2D eigenvalue weighted by atomic mass is 9.97. The average molecular weight is 312 g/mol. The second kappa shape index (κ2) is 5.27. The van der Waals surface area contributed by atoms with Crippen LogP contribution < -0.4 is 0 Å². The number of hydrogen-bond acceptors (Lipinski definition) is 3. The zero-order chi connectivity index (χ0) is 13.4. The topological polar surface area (TPSA) is 20.3 Å². The number of thiophene rings is 2. The van der Waals surface area contributed by atoms with Crippen LogP contribution in [0.1, 0.15) is 39.5 Å². The normalized spacial score (nSPS) is 18.4. The lowest BCUT2D eigenvalue weighted by Gasteiger charge is -2.35. The van der Waals surface area contributed by atoms with Gasteiger partial charge in [-0.25, -0.2) is 0 Å². The highest BCUT2D eigenvalue weighted by Crippen LogP contribution is 2.36. The molecule has 0 bridgehead atoms. The number of carbonyl (C=O) groups excluding carboxylic acids is 1. The first-order valence-electron chi connectivity index (χ1n) is 6.33. The number of amides is 1.